The Balaban J connectivity index is 1.32. The van der Waals surface area contributed by atoms with E-state index in [0.29, 0.717) is 10.7 Å². The molecule has 1 saturated heterocycles. The summed E-state index contributed by atoms with van der Waals surface area (Å²) in [6.07, 6.45) is 1.64. The number of hydrogen-bond donors (Lipinski definition) is 1. The van der Waals surface area contributed by atoms with Crippen molar-refractivity contribution in [3.8, 4) is 6.07 Å². The highest BCUT2D eigenvalue weighted by molar-refractivity contribution is 8.13. The van der Waals surface area contributed by atoms with Crippen LogP contribution >= 0.6 is 11.8 Å². The first kappa shape index (κ1) is 23.6. The fourth-order valence-electron chi connectivity index (χ4n) is 3.90. The molecule has 4 rings (SSSR count). The van der Waals surface area contributed by atoms with Crippen LogP contribution in [0.4, 0.5) is 5.69 Å². The fourth-order valence-corrected chi connectivity index (χ4v) is 4.51. The van der Waals surface area contributed by atoms with Crippen LogP contribution in [0.25, 0.3) is 0 Å². The number of nitrogens with two attached hydrogens (primary N) is 1. The zero-order valence-corrected chi connectivity index (χ0v) is 19.9. The van der Waals surface area contributed by atoms with Gasteiger partial charge in [-0.05, 0) is 28.8 Å². The molecule has 0 aliphatic carbocycles. The molecule has 0 bridgehead atoms. The predicted octanol–water partition coefficient (Wildman–Crippen LogP) is 4.46. The maximum atomic E-state index is 9.73. The van der Waals surface area contributed by atoms with Gasteiger partial charge in [0.1, 0.15) is 6.07 Å². The third-order valence-electron chi connectivity index (χ3n) is 5.70. The number of benzene rings is 3. The lowest BCUT2D eigenvalue weighted by molar-refractivity contribution is 0.250. The summed E-state index contributed by atoms with van der Waals surface area (Å²) in [6, 6.07) is 28.8. The van der Waals surface area contributed by atoms with Gasteiger partial charge in [0.15, 0.2) is 5.17 Å². The van der Waals surface area contributed by atoms with Crippen LogP contribution < -0.4 is 10.6 Å². The van der Waals surface area contributed by atoms with Crippen LogP contribution in [0.2, 0.25) is 0 Å². The molecule has 3 aromatic carbocycles. The van der Waals surface area contributed by atoms with Crippen LogP contribution in [-0.4, -0.2) is 42.5 Å². The van der Waals surface area contributed by atoms with E-state index in [1.807, 2.05) is 42.5 Å². The molecule has 2 N–H and O–H groups in total. The second kappa shape index (κ2) is 12.0. The van der Waals surface area contributed by atoms with E-state index in [4.69, 9.17) is 5.73 Å². The standard InChI is InChI=1S/C27H28N6S/c28-18-25-17-24(19-30-31-27(29)34-21-23-9-5-2-6-10-23)11-12-26(25)33-15-13-32(14-16-33)20-22-7-3-1-4-8-22/h1-12,17,19H,13-16,20-21H2,(H2,29,31). The van der Waals surface area contributed by atoms with E-state index in [1.165, 1.54) is 22.9 Å². The summed E-state index contributed by atoms with van der Waals surface area (Å²) in [5.41, 5.74) is 10.9. The average Bonchev–Trinajstić information content (AvgIpc) is 2.89. The maximum absolute atomic E-state index is 9.73. The smallest absolute Gasteiger partial charge is 0.180 e. The molecule has 0 amide bonds. The van der Waals surface area contributed by atoms with Crippen molar-refractivity contribution in [1.29, 1.82) is 5.26 Å². The molecule has 1 aliphatic heterocycles. The maximum Gasteiger partial charge on any atom is 0.180 e. The first-order valence-electron chi connectivity index (χ1n) is 11.3. The van der Waals surface area contributed by atoms with E-state index in [2.05, 4.69) is 62.5 Å². The Morgan fingerprint density at radius 2 is 1.62 bits per heavy atom. The number of piperazine rings is 1. The van der Waals surface area contributed by atoms with Crippen molar-refractivity contribution in [2.24, 2.45) is 15.9 Å². The molecule has 34 heavy (non-hydrogen) atoms. The Bertz CT molecular complexity index is 1160. The average molecular weight is 469 g/mol. The van der Waals surface area contributed by atoms with E-state index >= 15 is 0 Å². The monoisotopic (exact) mass is 468 g/mol. The largest absolute Gasteiger partial charge is 0.377 e. The van der Waals surface area contributed by atoms with Gasteiger partial charge in [-0.15, -0.1) is 5.10 Å². The Kier molecular flexibility index (Phi) is 8.33. The summed E-state index contributed by atoms with van der Waals surface area (Å²) in [5, 5.41) is 18.3. The van der Waals surface area contributed by atoms with Gasteiger partial charge in [-0.25, -0.2) is 0 Å². The molecule has 1 heterocycles. The van der Waals surface area contributed by atoms with Crippen molar-refractivity contribution in [1.82, 2.24) is 4.90 Å². The second-order valence-electron chi connectivity index (χ2n) is 8.09. The summed E-state index contributed by atoms with van der Waals surface area (Å²) in [7, 11) is 0. The number of nitrogens with zero attached hydrogens (tertiary/aromatic N) is 5. The molecule has 0 unspecified atom stereocenters. The first-order valence-corrected chi connectivity index (χ1v) is 12.3. The SMILES string of the molecule is N#Cc1cc(C=NN=C(N)SCc2ccccc2)ccc1N1CCN(Cc2ccccc2)CC1. The Morgan fingerprint density at radius 1 is 0.941 bits per heavy atom. The van der Waals surface area contributed by atoms with Gasteiger partial charge in [0.2, 0.25) is 0 Å². The number of rotatable bonds is 7. The molecule has 0 spiro atoms. The van der Waals surface area contributed by atoms with Crippen LogP contribution in [0.3, 0.4) is 0 Å². The lowest BCUT2D eigenvalue weighted by Crippen LogP contribution is -2.46. The number of amidine groups is 1. The van der Waals surface area contributed by atoms with Crippen LogP contribution in [0.15, 0.2) is 89.1 Å². The molecular weight excluding hydrogens is 440 g/mol. The van der Waals surface area contributed by atoms with Crippen molar-refractivity contribution >= 4 is 28.8 Å². The topological polar surface area (TPSA) is 81.0 Å². The van der Waals surface area contributed by atoms with E-state index in [1.54, 1.807) is 6.21 Å². The highest BCUT2D eigenvalue weighted by atomic mass is 32.2. The highest BCUT2D eigenvalue weighted by Crippen LogP contribution is 2.23. The third-order valence-corrected chi connectivity index (χ3v) is 6.55. The molecular formula is C27H28N6S. The van der Waals surface area contributed by atoms with Gasteiger partial charge >= 0.3 is 0 Å². The van der Waals surface area contributed by atoms with Crippen molar-refractivity contribution in [3.05, 3.63) is 101 Å². The van der Waals surface area contributed by atoms with Crippen molar-refractivity contribution in [2.75, 3.05) is 31.1 Å². The zero-order valence-electron chi connectivity index (χ0n) is 19.0. The van der Waals surface area contributed by atoms with Crippen LogP contribution in [-0.2, 0) is 12.3 Å². The van der Waals surface area contributed by atoms with Crippen molar-refractivity contribution in [2.45, 2.75) is 12.3 Å². The highest BCUT2D eigenvalue weighted by Gasteiger charge is 2.19. The molecule has 3 aromatic rings. The molecule has 172 valence electrons. The Hall–Kier alpha value is -3.60. The van der Waals surface area contributed by atoms with Gasteiger partial charge in [0, 0.05) is 38.5 Å². The minimum absolute atomic E-state index is 0.408. The fraction of sp³-hybridized carbons (Fsp3) is 0.222. The van der Waals surface area contributed by atoms with E-state index in [9.17, 15) is 5.26 Å². The zero-order chi connectivity index (χ0) is 23.6. The molecule has 7 heteroatoms. The molecule has 1 fully saturated rings. The van der Waals surface area contributed by atoms with Gasteiger partial charge in [-0.2, -0.15) is 10.4 Å². The summed E-state index contributed by atoms with van der Waals surface area (Å²) in [6.45, 7) is 4.69. The van der Waals surface area contributed by atoms with E-state index < -0.39 is 0 Å². The second-order valence-corrected chi connectivity index (χ2v) is 9.09. The van der Waals surface area contributed by atoms with Crippen LogP contribution in [0.1, 0.15) is 22.3 Å². The van der Waals surface area contributed by atoms with Crippen LogP contribution in [0, 0.1) is 11.3 Å². The van der Waals surface area contributed by atoms with E-state index in [0.717, 1.165) is 49.7 Å². The molecule has 0 atom stereocenters. The number of thioether (sulfide) groups is 1. The Morgan fingerprint density at radius 3 is 2.29 bits per heavy atom. The van der Waals surface area contributed by atoms with Crippen LogP contribution in [0.5, 0.6) is 0 Å². The minimum atomic E-state index is 0.408. The molecule has 0 aromatic heterocycles. The quantitative estimate of drug-likeness (QED) is 0.314. The Labute approximate surface area is 205 Å². The lowest BCUT2D eigenvalue weighted by Gasteiger charge is -2.36. The first-order chi connectivity index (χ1) is 16.7. The third kappa shape index (κ3) is 6.70. The van der Waals surface area contributed by atoms with E-state index in [-0.39, 0.29) is 0 Å². The minimum Gasteiger partial charge on any atom is -0.377 e. The summed E-state index contributed by atoms with van der Waals surface area (Å²) >= 11 is 1.45. The number of nitriles is 1. The molecule has 0 saturated carbocycles. The van der Waals surface area contributed by atoms with Crippen molar-refractivity contribution < 1.29 is 0 Å². The van der Waals surface area contributed by atoms with Gasteiger partial charge in [0.05, 0.1) is 17.5 Å². The van der Waals surface area contributed by atoms with Gasteiger partial charge in [-0.3, -0.25) is 4.90 Å². The number of hydrogen-bond acceptors (Lipinski definition) is 6. The summed E-state index contributed by atoms with van der Waals surface area (Å²) in [4.78, 5) is 4.74. The van der Waals surface area contributed by atoms with Gasteiger partial charge in [0.25, 0.3) is 0 Å². The molecule has 6 nitrogen and oxygen atoms in total. The van der Waals surface area contributed by atoms with Gasteiger partial charge < -0.3 is 10.6 Å². The molecule has 0 radical (unpaired) electrons. The summed E-state index contributed by atoms with van der Waals surface area (Å²) in [5.74, 6) is 0.748. The number of anilines is 1. The normalized spacial score (nSPS) is 14.9. The lowest BCUT2D eigenvalue weighted by atomic mass is 10.1. The van der Waals surface area contributed by atoms with Crippen molar-refractivity contribution in [3.63, 3.8) is 0 Å². The molecule has 1 aliphatic rings. The predicted molar refractivity (Wildman–Crippen MR) is 142 cm³/mol. The summed E-state index contributed by atoms with van der Waals surface area (Å²) < 4.78 is 0. The van der Waals surface area contributed by atoms with Gasteiger partial charge in [-0.1, -0.05) is 78.5 Å².